The Morgan fingerprint density at radius 1 is 1.07 bits per heavy atom. The molecule has 0 heterocycles. The van der Waals surface area contributed by atoms with Crippen molar-refractivity contribution >= 4 is 56.7 Å². The van der Waals surface area contributed by atoms with Gasteiger partial charge in [-0.2, -0.15) is 0 Å². The van der Waals surface area contributed by atoms with Gasteiger partial charge in [0, 0.05) is 5.57 Å². The van der Waals surface area contributed by atoms with Gasteiger partial charge in [0.25, 0.3) is 0 Å². The Bertz CT molecular complexity index is 370. The van der Waals surface area contributed by atoms with E-state index in [4.69, 9.17) is 0 Å². The van der Waals surface area contributed by atoms with Crippen molar-refractivity contribution in [3.05, 3.63) is 18.8 Å². The van der Waals surface area contributed by atoms with Gasteiger partial charge in [0.1, 0.15) is 0 Å². The van der Waals surface area contributed by atoms with Crippen LogP contribution >= 0.6 is 45.2 Å². The summed E-state index contributed by atoms with van der Waals surface area (Å²) in [5.41, 5.74) is 0.341. The van der Waals surface area contributed by atoms with Crippen molar-refractivity contribution in [3.8, 4) is 0 Å². The lowest BCUT2D eigenvalue weighted by Gasteiger charge is -2.24. The maximum absolute atomic E-state index is 11.8. The Labute approximate surface area is 110 Å². The van der Waals surface area contributed by atoms with Crippen molar-refractivity contribution in [2.45, 2.75) is 20.8 Å². The van der Waals surface area contributed by atoms with Crippen molar-refractivity contribution in [2.24, 2.45) is 5.41 Å². The quantitative estimate of drug-likeness (QED) is 0.449. The summed E-state index contributed by atoms with van der Waals surface area (Å²) in [5, 5.41) is 0. The highest BCUT2D eigenvalue weighted by atomic mass is 127. The van der Waals surface area contributed by atoms with E-state index in [1.807, 2.05) is 66.0 Å². The summed E-state index contributed by atoms with van der Waals surface area (Å²) in [5.74, 6) is -0.0679. The highest BCUT2D eigenvalue weighted by molar-refractivity contribution is 14.1. The van der Waals surface area contributed by atoms with Crippen LogP contribution in [0, 0.1) is 5.41 Å². The van der Waals surface area contributed by atoms with Gasteiger partial charge in [0.15, 0.2) is 11.6 Å². The number of halogens is 2. The van der Waals surface area contributed by atoms with Gasteiger partial charge in [0.2, 0.25) is 0 Å². The first-order valence-electron chi connectivity index (χ1n) is 4.11. The normalized spacial score (nSPS) is 18.8. The van der Waals surface area contributed by atoms with Crippen molar-refractivity contribution < 1.29 is 9.59 Å². The molecule has 2 nitrogen and oxygen atoms in total. The minimum atomic E-state index is -0.263. The molecule has 0 radical (unpaired) electrons. The Morgan fingerprint density at radius 3 is 2.00 bits per heavy atom. The summed E-state index contributed by atoms with van der Waals surface area (Å²) in [6, 6.07) is 0. The number of hydrogen-bond acceptors (Lipinski definition) is 2. The summed E-state index contributed by atoms with van der Waals surface area (Å²) < 4.78 is 1.07. The van der Waals surface area contributed by atoms with Crippen molar-refractivity contribution in [2.75, 3.05) is 0 Å². The van der Waals surface area contributed by atoms with Crippen LogP contribution in [0.3, 0.4) is 0 Å². The fourth-order valence-corrected chi connectivity index (χ4v) is 2.10. The van der Waals surface area contributed by atoms with Gasteiger partial charge in [-0.1, -0.05) is 20.8 Å². The van der Waals surface area contributed by atoms with E-state index >= 15 is 0 Å². The molecule has 0 saturated heterocycles. The number of ketones is 2. The van der Waals surface area contributed by atoms with Crippen LogP contribution in [0.15, 0.2) is 18.8 Å². The number of Topliss-reactive ketones (excluding diaryl/α,β-unsaturated/α-hetero) is 1. The molecule has 14 heavy (non-hydrogen) atoms. The second kappa shape index (κ2) is 4.03. The van der Waals surface area contributed by atoms with E-state index in [1.54, 1.807) is 0 Å². The SMILES string of the molecule is CC(C)(C)C1=CC(=O)C(I)=C(I)C1=O. The second-order valence-electron chi connectivity index (χ2n) is 4.13. The Kier molecular flexibility index (Phi) is 3.56. The van der Waals surface area contributed by atoms with Gasteiger partial charge >= 0.3 is 0 Å². The minimum absolute atomic E-state index is 0.0119. The van der Waals surface area contributed by atoms with Gasteiger partial charge in [-0.15, -0.1) is 0 Å². The molecule has 1 aliphatic rings. The molecule has 1 rings (SSSR count). The highest BCUT2D eigenvalue weighted by Gasteiger charge is 2.31. The molecule has 0 unspecified atom stereocenters. The van der Waals surface area contributed by atoms with E-state index in [0.29, 0.717) is 12.7 Å². The lowest BCUT2D eigenvalue weighted by atomic mass is 9.81. The molecule has 0 aliphatic heterocycles. The topological polar surface area (TPSA) is 34.1 Å². The third-order valence-corrected chi connectivity index (χ3v) is 5.07. The fourth-order valence-electron chi connectivity index (χ4n) is 1.14. The van der Waals surface area contributed by atoms with Gasteiger partial charge in [-0.3, -0.25) is 9.59 Å². The highest BCUT2D eigenvalue weighted by Crippen LogP contribution is 2.36. The number of rotatable bonds is 0. The third kappa shape index (κ3) is 2.26. The Balaban J connectivity index is 3.24. The van der Waals surface area contributed by atoms with E-state index in [1.165, 1.54) is 6.08 Å². The van der Waals surface area contributed by atoms with E-state index in [0.717, 1.165) is 0 Å². The lowest BCUT2D eigenvalue weighted by molar-refractivity contribution is -0.115. The Hall–Kier alpha value is 0.280. The first kappa shape index (κ1) is 12.4. The number of allylic oxidation sites excluding steroid dienone is 4. The van der Waals surface area contributed by atoms with Crippen molar-refractivity contribution in [3.63, 3.8) is 0 Å². The minimum Gasteiger partial charge on any atom is -0.289 e. The molecule has 0 saturated carbocycles. The average Bonchev–Trinajstić information content (AvgIpc) is 2.06. The van der Waals surface area contributed by atoms with E-state index < -0.39 is 0 Å². The first-order chi connectivity index (χ1) is 6.25. The van der Waals surface area contributed by atoms with Crippen molar-refractivity contribution in [1.29, 1.82) is 0 Å². The average molecular weight is 416 g/mol. The lowest BCUT2D eigenvalue weighted by Crippen LogP contribution is -2.23. The van der Waals surface area contributed by atoms with E-state index in [-0.39, 0.29) is 17.0 Å². The summed E-state index contributed by atoms with van der Waals surface area (Å²) >= 11 is 3.86. The maximum atomic E-state index is 11.8. The smallest absolute Gasteiger partial charge is 0.196 e. The molecule has 0 aromatic heterocycles. The summed E-state index contributed by atoms with van der Waals surface area (Å²) in [7, 11) is 0. The molecule has 0 aromatic rings. The maximum Gasteiger partial charge on any atom is 0.196 e. The van der Waals surface area contributed by atoms with Crippen LogP contribution in [-0.4, -0.2) is 11.6 Å². The van der Waals surface area contributed by atoms with Gasteiger partial charge in [0.05, 0.1) is 7.16 Å². The van der Waals surface area contributed by atoms with Gasteiger partial charge in [-0.25, -0.2) is 0 Å². The second-order valence-corrected chi connectivity index (χ2v) is 6.29. The molecule has 0 amide bonds. The van der Waals surface area contributed by atoms with E-state index in [9.17, 15) is 9.59 Å². The van der Waals surface area contributed by atoms with Crippen LogP contribution in [0.4, 0.5) is 0 Å². The molecule has 4 heteroatoms. The molecule has 0 N–H and O–H groups in total. The summed E-state index contributed by atoms with van der Waals surface area (Å²) in [6.07, 6.45) is 1.46. The summed E-state index contributed by atoms with van der Waals surface area (Å²) in [6.45, 7) is 5.81. The molecule has 76 valence electrons. The van der Waals surface area contributed by atoms with Crippen LogP contribution < -0.4 is 0 Å². The number of hydrogen-bond donors (Lipinski definition) is 0. The fraction of sp³-hybridized carbons (Fsp3) is 0.400. The zero-order valence-electron chi connectivity index (χ0n) is 8.15. The van der Waals surface area contributed by atoms with Crippen LogP contribution in [0.2, 0.25) is 0 Å². The predicted molar refractivity (Wildman–Crippen MR) is 72.6 cm³/mol. The molecule has 0 fully saturated rings. The molecule has 0 spiro atoms. The zero-order chi connectivity index (χ0) is 11.1. The largest absolute Gasteiger partial charge is 0.289 e. The van der Waals surface area contributed by atoms with Crippen LogP contribution in [-0.2, 0) is 9.59 Å². The van der Waals surface area contributed by atoms with Crippen molar-refractivity contribution in [1.82, 2.24) is 0 Å². The number of carbonyl (C=O) groups excluding carboxylic acids is 2. The molecular formula is C10H10I2O2. The van der Waals surface area contributed by atoms with Gasteiger partial charge < -0.3 is 0 Å². The monoisotopic (exact) mass is 416 g/mol. The predicted octanol–water partition coefficient (Wildman–Crippen LogP) is 3.19. The van der Waals surface area contributed by atoms with Gasteiger partial charge in [-0.05, 0) is 56.7 Å². The zero-order valence-corrected chi connectivity index (χ0v) is 12.5. The molecular weight excluding hydrogens is 406 g/mol. The van der Waals surface area contributed by atoms with Crippen LogP contribution in [0.1, 0.15) is 20.8 Å². The molecule has 0 bridgehead atoms. The standard InChI is InChI=1S/C10H10I2O2/c1-10(2,3)5-4-6(13)7(11)8(12)9(5)14/h4H,1-3H3. The third-order valence-electron chi connectivity index (χ3n) is 1.94. The number of carbonyl (C=O) groups is 2. The first-order valence-corrected chi connectivity index (χ1v) is 6.27. The van der Waals surface area contributed by atoms with E-state index in [2.05, 4.69) is 0 Å². The molecule has 1 aliphatic carbocycles. The summed E-state index contributed by atoms with van der Waals surface area (Å²) in [4.78, 5) is 23.3. The van der Waals surface area contributed by atoms with Crippen LogP contribution in [0.25, 0.3) is 0 Å². The molecule has 0 aromatic carbocycles. The Morgan fingerprint density at radius 2 is 1.57 bits per heavy atom. The van der Waals surface area contributed by atoms with Crippen LogP contribution in [0.5, 0.6) is 0 Å². The molecule has 0 atom stereocenters.